The van der Waals surface area contributed by atoms with Gasteiger partial charge < -0.3 is 14.2 Å². The van der Waals surface area contributed by atoms with Gasteiger partial charge in [-0.3, -0.25) is 14.4 Å². The van der Waals surface area contributed by atoms with Crippen LogP contribution in [0.1, 0.15) is 252 Å². The van der Waals surface area contributed by atoms with Crippen LogP contribution >= 0.6 is 0 Å². The summed E-state index contributed by atoms with van der Waals surface area (Å²) < 4.78 is 16.8. The third kappa shape index (κ3) is 48.0. The molecule has 352 valence electrons. The molecule has 0 aliphatic rings. The first-order chi connectivity index (χ1) is 30.0. The average Bonchev–Trinajstić information content (AvgIpc) is 3.26. The van der Waals surface area contributed by atoms with Crippen LogP contribution in [0.4, 0.5) is 0 Å². The molecule has 0 rings (SSSR count). The fraction of sp³-hybridized carbons (Fsp3) is 0.764. The van der Waals surface area contributed by atoms with Gasteiger partial charge in [0.05, 0.1) is 0 Å². The second-order valence-electron chi connectivity index (χ2n) is 17.1. The molecule has 61 heavy (non-hydrogen) atoms. The first kappa shape index (κ1) is 58.1. The number of carbonyl (C=O) groups is 3. The van der Waals surface area contributed by atoms with Crippen LogP contribution in [-0.2, 0) is 28.6 Å². The first-order valence-corrected chi connectivity index (χ1v) is 25.8. The van der Waals surface area contributed by atoms with E-state index in [1.165, 1.54) is 122 Å². The summed E-state index contributed by atoms with van der Waals surface area (Å²) in [6, 6.07) is 0. The van der Waals surface area contributed by atoms with E-state index in [2.05, 4.69) is 81.5 Å². The van der Waals surface area contributed by atoms with Crippen LogP contribution in [0.2, 0.25) is 0 Å². The van der Waals surface area contributed by atoms with Gasteiger partial charge in [-0.2, -0.15) is 0 Å². The number of allylic oxidation sites excluding steroid dienone is 10. The summed E-state index contributed by atoms with van der Waals surface area (Å²) in [7, 11) is 0. The lowest BCUT2D eigenvalue weighted by molar-refractivity contribution is -0.167. The number of hydrogen-bond acceptors (Lipinski definition) is 6. The number of unbranched alkanes of at least 4 members (excludes halogenated alkanes) is 25. The second-order valence-corrected chi connectivity index (χ2v) is 17.1. The summed E-state index contributed by atoms with van der Waals surface area (Å²) in [4.78, 5) is 37.9. The predicted octanol–water partition coefficient (Wildman–Crippen LogP) is 16.9. The van der Waals surface area contributed by atoms with E-state index in [0.29, 0.717) is 19.3 Å². The van der Waals surface area contributed by atoms with Crippen molar-refractivity contribution in [3.8, 4) is 0 Å². The summed E-state index contributed by atoms with van der Waals surface area (Å²) in [6.07, 6.45) is 60.5. The van der Waals surface area contributed by atoms with Crippen molar-refractivity contribution < 1.29 is 28.6 Å². The summed E-state index contributed by atoms with van der Waals surface area (Å²) >= 11 is 0. The van der Waals surface area contributed by atoms with Crippen molar-refractivity contribution in [1.82, 2.24) is 0 Å². The Kier molecular flexibility index (Phi) is 47.4. The molecular weight excluding hydrogens is 757 g/mol. The fourth-order valence-corrected chi connectivity index (χ4v) is 7.07. The zero-order chi connectivity index (χ0) is 44.4. The Balaban J connectivity index is 4.45. The van der Waals surface area contributed by atoms with Crippen molar-refractivity contribution in [2.75, 3.05) is 13.2 Å². The summed E-state index contributed by atoms with van der Waals surface area (Å²) in [5, 5.41) is 0. The second kappa shape index (κ2) is 49.8. The highest BCUT2D eigenvalue weighted by Crippen LogP contribution is 2.15. The minimum Gasteiger partial charge on any atom is -0.462 e. The molecule has 0 aliphatic carbocycles. The standard InChI is InChI=1S/C55H96O6/c1-4-7-10-13-16-19-22-25-27-30-32-35-38-41-44-47-53(56)59-50-52(61-55(58)49-46-43-40-37-34-29-24-21-18-15-12-9-6-3)51-60-54(57)48-45-42-39-36-33-31-28-26-23-20-17-14-11-8-5-2/h16-17,19-20,25-28,32,35,52H,4-15,18,21-24,29-31,33-34,36-51H2,1-3H3/b19-16-,20-17-,27-25-,28-26-,35-32-/t52-/m1/s1. The minimum absolute atomic E-state index is 0.0921. The maximum Gasteiger partial charge on any atom is 0.306 e. The lowest BCUT2D eigenvalue weighted by Gasteiger charge is -2.18. The van der Waals surface area contributed by atoms with Crippen LogP contribution < -0.4 is 0 Å². The largest absolute Gasteiger partial charge is 0.462 e. The van der Waals surface area contributed by atoms with Gasteiger partial charge in [0.2, 0.25) is 0 Å². The molecule has 0 aromatic heterocycles. The van der Waals surface area contributed by atoms with E-state index < -0.39 is 6.10 Å². The highest BCUT2D eigenvalue weighted by molar-refractivity contribution is 5.71. The summed E-state index contributed by atoms with van der Waals surface area (Å²) in [6.45, 7) is 6.54. The molecule has 6 nitrogen and oxygen atoms in total. The molecular formula is C55H96O6. The predicted molar refractivity (Wildman–Crippen MR) is 261 cm³/mol. The van der Waals surface area contributed by atoms with Gasteiger partial charge in [0.25, 0.3) is 0 Å². The molecule has 0 aliphatic heterocycles. The van der Waals surface area contributed by atoms with Crippen LogP contribution in [0.5, 0.6) is 0 Å². The lowest BCUT2D eigenvalue weighted by Crippen LogP contribution is -2.30. The molecule has 0 aromatic carbocycles. The molecule has 0 bridgehead atoms. The first-order valence-electron chi connectivity index (χ1n) is 25.8. The number of hydrogen-bond donors (Lipinski definition) is 0. The Labute approximate surface area is 377 Å². The van der Waals surface area contributed by atoms with Gasteiger partial charge >= 0.3 is 17.9 Å². The maximum absolute atomic E-state index is 12.8. The zero-order valence-corrected chi connectivity index (χ0v) is 40.2. The van der Waals surface area contributed by atoms with Gasteiger partial charge in [-0.05, 0) is 89.9 Å². The summed E-state index contributed by atoms with van der Waals surface area (Å²) in [5.41, 5.74) is 0. The molecule has 0 radical (unpaired) electrons. The Bertz CT molecular complexity index is 1120. The van der Waals surface area contributed by atoms with Crippen molar-refractivity contribution >= 4 is 17.9 Å². The topological polar surface area (TPSA) is 78.9 Å². The van der Waals surface area contributed by atoms with Crippen LogP contribution in [-0.4, -0.2) is 37.2 Å². The van der Waals surface area contributed by atoms with E-state index in [1.54, 1.807) is 0 Å². The Morgan fingerprint density at radius 3 is 0.984 bits per heavy atom. The van der Waals surface area contributed by atoms with E-state index in [1.807, 2.05) is 0 Å². The molecule has 0 heterocycles. The maximum atomic E-state index is 12.8. The quantitative estimate of drug-likeness (QED) is 0.0263. The molecule has 0 amide bonds. The third-order valence-electron chi connectivity index (χ3n) is 11.0. The molecule has 0 saturated heterocycles. The smallest absolute Gasteiger partial charge is 0.306 e. The van der Waals surface area contributed by atoms with Crippen molar-refractivity contribution in [2.45, 2.75) is 258 Å². The zero-order valence-electron chi connectivity index (χ0n) is 40.2. The molecule has 0 spiro atoms. The molecule has 0 aromatic rings. The van der Waals surface area contributed by atoms with Crippen LogP contribution in [0.15, 0.2) is 60.8 Å². The van der Waals surface area contributed by atoms with Gasteiger partial charge in [-0.15, -0.1) is 0 Å². The number of ether oxygens (including phenoxy) is 3. The highest BCUT2D eigenvalue weighted by atomic mass is 16.6. The van der Waals surface area contributed by atoms with Crippen LogP contribution in [0.3, 0.4) is 0 Å². The van der Waals surface area contributed by atoms with Gasteiger partial charge in [0.15, 0.2) is 6.10 Å². The monoisotopic (exact) mass is 853 g/mol. The highest BCUT2D eigenvalue weighted by Gasteiger charge is 2.19. The Morgan fingerprint density at radius 2 is 0.590 bits per heavy atom. The molecule has 0 saturated carbocycles. The van der Waals surface area contributed by atoms with Crippen molar-refractivity contribution in [1.29, 1.82) is 0 Å². The molecule has 0 fully saturated rings. The molecule has 1 atom stereocenters. The fourth-order valence-electron chi connectivity index (χ4n) is 7.07. The molecule has 0 unspecified atom stereocenters. The third-order valence-corrected chi connectivity index (χ3v) is 11.0. The van der Waals surface area contributed by atoms with E-state index in [-0.39, 0.29) is 31.1 Å². The Morgan fingerprint density at radius 1 is 0.328 bits per heavy atom. The van der Waals surface area contributed by atoms with Crippen LogP contribution in [0.25, 0.3) is 0 Å². The number of rotatable bonds is 46. The number of carbonyl (C=O) groups excluding carboxylic acids is 3. The van der Waals surface area contributed by atoms with Crippen molar-refractivity contribution in [3.63, 3.8) is 0 Å². The van der Waals surface area contributed by atoms with Gasteiger partial charge in [-0.25, -0.2) is 0 Å². The Hall–Kier alpha value is -2.89. The lowest BCUT2D eigenvalue weighted by atomic mass is 10.0. The normalized spacial score (nSPS) is 12.5. The van der Waals surface area contributed by atoms with Crippen LogP contribution in [0, 0.1) is 0 Å². The van der Waals surface area contributed by atoms with Crippen molar-refractivity contribution in [2.24, 2.45) is 0 Å². The summed E-state index contributed by atoms with van der Waals surface area (Å²) in [5.74, 6) is -0.939. The van der Waals surface area contributed by atoms with E-state index in [4.69, 9.17) is 14.2 Å². The SMILES string of the molecule is CCCCC/C=C\C/C=C\C/C=C\CCCCC(=O)OC[C@H](COC(=O)CCCCCCC/C=C\C/C=C\CCCCC)OC(=O)CCCCCCCCCCCCCCC. The van der Waals surface area contributed by atoms with Gasteiger partial charge in [0, 0.05) is 19.3 Å². The van der Waals surface area contributed by atoms with E-state index in [0.717, 1.165) is 89.9 Å². The van der Waals surface area contributed by atoms with E-state index in [9.17, 15) is 14.4 Å². The van der Waals surface area contributed by atoms with E-state index >= 15 is 0 Å². The molecule has 0 N–H and O–H groups in total. The van der Waals surface area contributed by atoms with Crippen molar-refractivity contribution in [3.05, 3.63) is 60.8 Å². The van der Waals surface area contributed by atoms with Gasteiger partial charge in [0.1, 0.15) is 13.2 Å². The average molecular weight is 853 g/mol. The minimum atomic E-state index is -0.792. The number of esters is 3. The molecule has 6 heteroatoms. The van der Waals surface area contributed by atoms with Gasteiger partial charge in [-0.1, -0.05) is 204 Å².